The summed E-state index contributed by atoms with van der Waals surface area (Å²) < 4.78 is 4.76. The van der Waals surface area contributed by atoms with E-state index in [4.69, 9.17) is 9.72 Å². The van der Waals surface area contributed by atoms with E-state index in [0.29, 0.717) is 6.54 Å². The molecule has 0 aliphatic carbocycles. The Labute approximate surface area is 271 Å². The summed E-state index contributed by atoms with van der Waals surface area (Å²) in [5.41, 5.74) is 4.84. The highest BCUT2D eigenvalue weighted by atomic mass is 16.5. The van der Waals surface area contributed by atoms with Gasteiger partial charge in [0.05, 0.1) is 37.3 Å². The van der Waals surface area contributed by atoms with Crippen molar-refractivity contribution in [2.75, 3.05) is 20.2 Å². The first-order chi connectivity index (χ1) is 22.4. The standard InChI is InChI=1S/C36H45N7O3/c1-5-6-7-13-26-21-27(18-17-25(26)12-8-9-14-28-22-38-33(40-28)29-15-10-19-37-29)30-23-39-34(41-30)31-16-11-20-43(31)35(44)32(24(2)3)42-36(45)46-4/h17-18,21-24,29,31-32,37H,5-7,10-11,13,15-16,19-20H2,1-4H3,(H,38,40)(H,39,41)(H,42,45)/t29-,31-,32-/m0/s1. The Bertz CT molecular complexity index is 1630. The van der Waals surface area contributed by atoms with Gasteiger partial charge in [-0.05, 0) is 92.0 Å². The van der Waals surface area contributed by atoms with Gasteiger partial charge in [-0.2, -0.15) is 0 Å². The number of rotatable bonds is 10. The number of nitrogens with one attached hydrogen (secondary N) is 4. The molecule has 5 rings (SSSR count). The number of H-pyrrole nitrogens is 2. The van der Waals surface area contributed by atoms with Gasteiger partial charge in [-0.3, -0.25) is 4.79 Å². The molecule has 2 aliphatic rings. The molecule has 3 aromatic rings. The second-order valence-electron chi connectivity index (χ2n) is 12.4. The first kappa shape index (κ1) is 32.8. The van der Waals surface area contributed by atoms with Crippen LogP contribution in [0.3, 0.4) is 0 Å². The highest BCUT2D eigenvalue weighted by Gasteiger charge is 2.37. The molecule has 2 aromatic heterocycles. The van der Waals surface area contributed by atoms with Gasteiger partial charge in [0, 0.05) is 12.1 Å². The zero-order chi connectivity index (χ0) is 32.5. The van der Waals surface area contributed by atoms with E-state index in [1.54, 1.807) is 6.20 Å². The summed E-state index contributed by atoms with van der Waals surface area (Å²) in [6.07, 6.45) is 11.2. The average Bonchev–Trinajstić information content (AvgIpc) is 3.89. The molecule has 0 saturated carbocycles. The molecule has 2 saturated heterocycles. The van der Waals surface area contributed by atoms with Gasteiger partial charge in [0.1, 0.15) is 23.4 Å². The Morgan fingerprint density at radius 2 is 1.89 bits per heavy atom. The van der Waals surface area contributed by atoms with Gasteiger partial charge in [0.15, 0.2) is 0 Å². The molecule has 0 spiro atoms. The molecule has 2 aliphatic heterocycles. The predicted molar refractivity (Wildman–Crippen MR) is 177 cm³/mol. The van der Waals surface area contributed by atoms with Crippen molar-refractivity contribution in [2.24, 2.45) is 5.92 Å². The first-order valence-electron chi connectivity index (χ1n) is 16.5. The maximum absolute atomic E-state index is 13.5. The molecule has 4 heterocycles. The Balaban J connectivity index is 1.32. The highest BCUT2D eigenvalue weighted by Crippen LogP contribution is 2.33. The molecule has 10 nitrogen and oxygen atoms in total. The minimum absolute atomic E-state index is 0.0868. The number of imidazole rings is 2. The van der Waals surface area contributed by atoms with Gasteiger partial charge in [0.25, 0.3) is 0 Å². The maximum Gasteiger partial charge on any atom is 0.407 e. The lowest BCUT2D eigenvalue weighted by molar-refractivity contribution is -0.135. The van der Waals surface area contributed by atoms with Crippen molar-refractivity contribution in [3.63, 3.8) is 0 Å². The van der Waals surface area contributed by atoms with Crippen molar-refractivity contribution >= 4 is 12.0 Å². The summed E-state index contributed by atoms with van der Waals surface area (Å²) in [4.78, 5) is 43.3. The van der Waals surface area contributed by atoms with E-state index in [0.717, 1.165) is 92.1 Å². The zero-order valence-electron chi connectivity index (χ0n) is 27.3. The van der Waals surface area contributed by atoms with Crippen LogP contribution in [0.1, 0.15) is 106 Å². The summed E-state index contributed by atoms with van der Waals surface area (Å²) >= 11 is 0. The molecule has 0 radical (unpaired) electrons. The smallest absolute Gasteiger partial charge is 0.407 e. The highest BCUT2D eigenvalue weighted by molar-refractivity contribution is 5.86. The number of likely N-dealkylation sites (tertiary alicyclic amines) is 1. The number of hydrogen-bond acceptors (Lipinski definition) is 6. The van der Waals surface area contributed by atoms with Crippen LogP contribution in [0.15, 0.2) is 30.6 Å². The molecule has 2 fully saturated rings. The molecule has 0 bridgehead atoms. The lowest BCUT2D eigenvalue weighted by Crippen LogP contribution is -2.51. The summed E-state index contributed by atoms with van der Waals surface area (Å²) in [7, 11) is 1.30. The number of ether oxygens (including phenoxy) is 1. The number of hydrogen-bond donors (Lipinski definition) is 4. The first-order valence-corrected chi connectivity index (χ1v) is 16.5. The third kappa shape index (κ3) is 7.99. The van der Waals surface area contributed by atoms with Crippen LogP contribution < -0.4 is 10.6 Å². The lowest BCUT2D eigenvalue weighted by Gasteiger charge is -2.30. The fourth-order valence-electron chi connectivity index (χ4n) is 6.19. The average molecular weight is 624 g/mol. The summed E-state index contributed by atoms with van der Waals surface area (Å²) in [5.74, 6) is 13.9. The second-order valence-corrected chi connectivity index (χ2v) is 12.4. The van der Waals surface area contributed by atoms with Crippen LogP contribution in [0.25, 0.3) is 11.3 Å². The Morgan fingerprint density at radius 1 is 1.07 bits per heavy atom. The number of unbranched alkanes of at least 4 members (excludes halogenated alkanes) is 2. The lowest BCUT2D eigenvalue weighted by atomic mass is 9.98. The third-order valence-corrected chi connectivity index (χ3v) is 8.75. The van der Waals surface area contributed by atoms with Crippen molar-refractivity contribution in [1.29, 1.82) is 0 Å². The largest absolute Gasteiger partial charge is 0.453 e. The van der Waals surface area contributed by atoms with Gasteiger partial charge in [-0.1, -0.05) is 45.6 Å². The molecular weight excluding hydrogens is 578 g/mol. The van der Waals surface area contributed by atoms with Crippen LogP contribution in [0.4, 0.5) is 4.79 Å². The number of amides is 2. The fraction of sp³-hybridized carbons (Fsp3) is 0.500. The van der Waals surface area contributed by atoms with Crippen molar-refractivity contribution in [3.8, 4) is 34.9 Å². The van der Waals surface area contributed by atoms with Gasteiger partial charge in [0.2, 0.25) is 5.91 Å². The van der Waals surface area contributed by atoms with Gasteiger partial charge >= 0.3 is 6.09 Å². The van der Waals surface area contributed by atoms with Crippen LogP contribution >= 0.6 is 0 Å². The number of alkyl carbamates (subject to hydrolysis) is 1. The molecule has 10 heteroatoms. The molecule has 1 aromatic carbocycles. The monoisotopic (exact) mass is 623 g/mol. The maximum atomic E-state index is 13.5. The zero-order valence-corrected chi connectivity index (χ0v) is 27.3. The number of aromatic amines is 2. The molecule has 2 amide bonds. The molecule has 3 atom stereocenters. The van der Waals surface area contributed by atoms with Crippen molar-refractivity contribution in [1.82, 2.24) is 35.5 Å². The summed E-state index contributed by atoms with van der Waals surface area (Å²) in [6.45, 7) is 7.67. The minimum atomic E-state index is -0.669. The number of aryl methyl sites for hydroxylation is 1. The van der Waals surface area contributed by atoms with E-state index in [1.807, 2.05) is 24.9 Å². The molecule has 0 unspecified atom stereocenters. The van der Waals surface area contributed by atoms with E-state index in [2.05, 4.69) is 74.4 Å². The minimum Gasteiger partial charge on any atom is -0.453 e. The number of benzene rings is 1. The number of carbonyl (C=O) groups excluding carboxylic acids is 2. The van der Waals surface area contributed by atoms with Crippen LogP contribution in [0.5, 0.6) is 0 Å². The quantitative estimate of drug-likeness (QED) is 0.177. The van der Waals surface area contributed by atoms with Crippen molar-refractivity contribution in [2.45, 2.75) is 90.3 Å². The van der Waals surface area contributed by atoms with Crippen LogP contribution in [0, 0.1) is 29.6 Å². The fourth-order valence-corrected chi connectivity index (χ4v) is 6.19. The van der Waals surface area contributed by atoms with E-state index < -0.39 is 12.1 Å². The summed E-state index contributed by atoms with van der Waals surface area (Å²) in [6, 6.07) is 5.73. The van der Waals surface area contributed by atoms with Crippen LogP contribution in [-0.4, -0.2) is 63.1 Å². The number of aromatic nitrogens is 4. The Morgan fingerprint density at radius 3 is 2.65 bits per heavy atom. The van der Waals surface area contributed by atoms with E-state index >= 15 is 0 Å². The van der Waals surface area contributed by atoms with Crippen LogP contribution in [0.2, 0.25) is 0 Å². The van der Waals surface area contributed by atoms with Gasteiger partial charge < -0.3 is 30.2 Å². The summed E-state index contributed by atoms with van der Waals surface area (Å²) in [5, 5.41) is 6.15. The van der Waals surface area contributed by atoms with Crippen LogP contribution in [-0.2, 0) is 16.0 Å². The third-order valence-electron chi connectivity index (χ3n) is 8.75. The molecule has 242 valence electrons. The van der Waals surface area contributed by atoms with Gasteiger partial charge in [-0.15, -0.1) is 0 Å². The number of nitrogens with zero attached hydrogens (tertiary/aromatic N) is 3. The van der Waals surface area contributed by atoms with E-state index in [1.165, 1.54) is 12.7 Å². The predicted octanol–water partition coefficient (Wildman–Crippen LogP) is 5.40. The topological polar surface area (TPSA) is 128 Å². The Hall–Kier alpha value is -4.54. The van der Waals surface area contributed by atoms with Crippen molar-refractivity contribution in [3.05, 3.63) is 59.1 Å². The normalized spacial score (nSPS) is 18.1. The van der Waals surface area contributed by atoms with Crippen molar-refractivity contribution < 1.29 is 14.3 Å². The molecular formula is C36H45N7O3. The Kier molecular flexibility index (Phi) is 11.2. The SMILES string of the molecule is CCCCCc1cc(-c2cnc([C@@H]3CCCN3C(=O)[C@@H](NC(=O)OC)C(C)C)[nH]2)ccc1C#CC#Cc1cnc([C@@H]2CCCN2)[nH]1. The molecule has 4 N–H and O–H groups in total. The number of methoxy groups -OCH3 is 1. The molecule has 46 heavy (non-hydrogen) atoms. The van der Waals surface area contributed by atoms with E-state index in [9.17, 15) is 9.59 Å². The van der Waals surface area contributed by atoms with Gasteiger partial charge in [-0.25, -0.2) is 14.8 Å². The van der Waals surface area contributed by atoms with E-state index in [-0.39, 0.29) is 23.9 Å². The second kappa shape index (κ2) is 15.6. The number of carbonyl (C=O) groups is 2.